The van der Waals surface area contributed by atoms with E-state index in [-0.39, 0.29) is 30.2 Å². The molecular formula is C26H20F4N4O4. The van der Waals surface area contributed by atoms with Gasteiger partial charge in [0.05, 0.1) is 9.85 Å². The van der Waals surface area contributed by atoms with Gasteiger partial charge in [-0.15, -0.1) is 0 Å². The zero-order valence-electron chi connectivity index (χ0n) is 19.6. The molecule has 0 bridgehead atoms. The van der Waals surface area contributed by atoms with Crippen LogP contribution in [0.5, 0.6) is 0 Å². The maximum atomic E-state index is 13.7. The van der Waals surface area contributed by atoms with E-state index in [0.29, 0.717) is 5.69 Å². The van der Waals surface area contributed by atoms with E-state index in [2.05, 4.69) is 0 Å². The molecule has 0 saturated heterocycles. The summed E-state index contributed by atoms with van der Waals surface area (Å²) in [5.74, 6) is -3.75. The number of nitro groups is 2. The number of benzene rings is 4. The van der Waals surface area contributed by atoms with Crippen LogP contribution in [-0.4, -0.2) is 9.85 Å². The first-order valence-corrected chi connectivity index (χ1v) is 10.9. The van der Waals surface area contributed by atoms with Gasteiger partial charge >= 0.3 is 0 Å². The first kappa shape index (κ1) is 27.6. The number of halogens is 4. The summed E-state index contributed by atoms with van der Waals surface area (Å²) < 4.78 is 51.3. The molecule has 0 unspecified atom stereocenters. The van der Waals surface area contributed by atoms with Crippen molar-refractivity contribution < 1.29 is 27.4 Å². The average molecular weight is 528 g/mol. The van der Waals surface area contributed by atoms with Gasteiger partial charge in [0.25, 0.3) is 11.4 Å². The molecule has 4 aromatic rings. The second kappa shape index (κ2) is 12.3. The highest BCUT2D eigenvalue weighted by molar-refractivity contribution is 5.49. The van der Waals surface area contributed by atoms with Crippen molar-refractivity contribution in [3.05, 3.63) is 140 Å². The Morgan fingerprint density at radius 3 is 1.39 bits per heavy atom. The summed E-state index contributed by atoms with van der Waals surface area (Å²) in [5.41, 5.74) is 7.10. The average Bonchev–Trinajstić information content (AvgIpc) is 2.88. The Morgan fingerprint density at radius 2 is 1.03 bits per heavy atom. The monoisotopic (exact) mass is 528 g/mol. The zero-order chi connectivity index (χ0) is 27.8. The number of hydrogen-bond acceptors (Lipinski definition) is 6. The fourth-order valence-corrected chi connectivity index (χ4v) is 3.32. The van der Waals surface area contributed by atoms with Gasteiger partial charge < -0.3 is 10.6 Å². The number of nitrogen functional groups attached to an aromatic ring is 1. The molecule has 4 aromatic carbocycles. The van der Waals surface area contributed by atoms with Crippen LogP contribution >= 0.6 is 0 Å². The number of non-ortho nitro benzene ring substituents is 2. The van der Waals surface area contributed by atoms with E-state index >= 15 is 0 Å². The normalized spacial score (nSPS) is 10.3. The Kier molecular flexibility index (Phi) is 8.93. The van der Waals surface area contributed by atoms with Gasteiger partial charge in [-0.2, -0.15) is 0 Å². The molecule has 4 rings (SSSR count). The number of nitrogens with zero attached hydrogens (tertiary/aromatic N) is 3. The molecule has 0 radical (unpaired) electrons. The third-order valence-electron chi connectivity index (χ3n) is 5.25. The van der Waals surface area contributed by atoms with Gasteiger partial charge in [-0.05, 0) is 41.5 Å². The van der Waals surface area contributed by atoms with Crippen LogP contribution in [0.2, 0.25) is 0 Å². The Balaban J connectivity index is 0.000000375. The number of hydrogen-bond donors (Lipinski definition) is 1. The Labute approximate surface area is 213 Å². The van der Waals surface area contributed by atoms with E-state index in [1.807, 2.05) is 0 Å². The Hall–Kier alpha value is -5.00. The predicted molar refractivity (Wildman–Crippen MR) is 133 cm³/mol. The maximum absolute atomic E-state index is 13.7. The lowest BCUT2D eigenvalue weighted by molar-refractivity contribution is -0.385. The van der Waals surface area contributed by atoms with Gasteiger partial charge in [-0.3, -0.25) is 20.2 Å². The van der Waals surface area contributed by atoms with E-state index in [1.165, 1.54) is 36.4 Å². The highest BCUT2D eigenvalue weighted by Gasteiger charge is 2.14. The summed E-state index contributed by atoms with van der Waals surface area (Å²) in [6.07, 6.45) is 0. The smallest absolute Gasteiger partial charge is 0.269 e. The van der Waals surface area contributed by atoms with Crippen LogP contribution in [0.25, 0.3) is 0 Å². The summed E-state index contributed by atoms with van der Waals surface area (Å²) in [6, 6.07) is 18.5. The van der Waals surface area contributed by atoms with Gasteiger partial charge in [0.2, 0.25) is 0 Å². The lowest BCUT2D eigenvalue weighted by Crippen LogP contribution is -2.22. The molecule has 8 nitrogen and oxygen atoms in total. The molecule has 0 aromatic heterocycles. The second-order valence-electron chi connectivity index (χ2n) is 7.98. The van der Waals surface area contributed by atoms with Crippen molar-refractivity contribution in [2.45, 2.75) is 13.1 Å². The molecule has 196 valence electrons. The number of anilines is 2. The molecular weight excluding hydrogens is 508 g/mol. The van der Waals surface area contributed by atoms with Crippen LogP contribution in [0.1, 0.15) is 11.1 Å². The van der Waals surface area contributed by atoms with Crippen LogP contribution < -0.4 is 10.6 Å². The van der Waals surface area contributed by atoms with Gasteiger partial charge in [0, 0.05) is 54.8 Å². The fraction of sp³-hybridized carbons (Fsp3) is 0.0769. The molecule has 2 N–H and O–H groups in total. The van der Waals surface area contributed by atoms with Crippen LogP contribution in [-0.2, 0) is 13.1 Å². The van der Waals surface area contributed by atoms with E-state index in [0.717, 1.165) is 35.4 Å². The third kappa shape index (κ3) is 7.50. The van der Waals surface area contributed by atoms with Gasteiger partial charge in [0.1, 0.15) is 0 Å². The van der Waals surface area contributed by atoms with Crippen molar-refractivity contribution in [1.82, 2.24) is 0 Å². The van der Waals surface area contributed by atoms with Crippen LogP contribution in [0.4, 0.5) is 40.3 Å². The number of nitrogens with two attached hydrogens (primary N) is 1. The maximum Gasteiger partial charge on any atom is 0.269 e. The van der Waals surface area contributed by atoms with E-state index in [9.17, 15) is 37.8 Å². The zero-order valence-corrected chi connectivity index (χ0v) is 19.6. The van der Waals surface area contributed by atoms with Crippen molar-refractivity contribution in [3.8, 4) is 0 Å². The van der Waals surface area contributed by atoms with Gasteiger partial charge in [0.15, 0.2) is 23.3 Å². The summed E-state index contributed by atoms with van der Waals surface area (Å²) in [5, 5.41) is 21.6. The minimum absolute atomic E-state index is 0.0523. The van der Waals surface area contributed by atoms with E-state index < -0.39 is 33.1 Å². The lowest BCUT2D eigenvalue weighted by Gasteiger charge is -2.25. The first-order valence-electron chi connectivity index (χ1n) is 10.9. The lowest BCUT2D eigenvalue weighted by atomic mass is 10.1. The molecule has 0 aliphatic heterocycles. The SMILES string of the molecule is Nc1ccc(F)c(F)c1.O=[N+]([O-])c1ccc(CN(Cc2ccc([N+](=O)[O-])cc2)c2ccc(F)c(F)c2)cc1. The van der Waals surface area contributed by atoms with Gasteiger partial charge in [-0.1, -0.05) is 24.3 Å². The highest BCUT2D eigenvalue weighted by atomic mass is 19.2. The molecule has 0 atom stereocenters. The number of rotatable bonds is 7. The molecule has 0 aliphatic rings. The predicted octanol–water partition coefficient (Wildman–Crippen LogP) is 6.54. The van der Waals surface area contributed by atoms with Crippen molar-refractivity contribution in [1.29, 1.82) is 0 Å². The van der Waals surface area contributed by atoms with Crippen LogP contribution in [0, 0.1) is 43.5 Å². The standard InChI is InChI=1S/C20H15F2N3O4.C6H5F2N/c21-19-10-9-18(11-20(19)22)23(12-14-1-5-16(6-2-14)24(26)27)13-15-3-7-17(8-4-15)25(28)29;7-5-2-1-4(9)3-6(5)8/h1-11H,12-13H2;1-3H,9H2. The molecule has 0 amide bonds. The van der Waals surface area contributed by atoms with Crippen molar-refractivity contribution in [2.24, 2.45) is 0 Å². The van der Waals surface area contributed by atoms with Crippen LogP contribution in [0.3, 0.4) is 0 Å². The van der Waals surface area contributed by atoms with Crippen molar-refractivity contribution in [3.63, 3.8) is 0 Å². The molecule has 0 heterocycles. The summed E-state index contributed by atoms with van der Waals surface area (Å²) in [4.78, 5) is 22.4. The minimum atomic E-state index is -1.00. The molecule has 0 spiro atoms. The molecule has 12 heteroatoms. The highest BCUT2D eigenvalue weighted by Crippen LogP contribution is 2.24. The second-order valence-corrected chi connectivity index (χ2v) is 7.98. The molecule has 0 fully saturated rings. The van der Waals surface area contributed by atoms with Gasteiger partial charge in [-0.25, -0.2) is 17.6 Å². The summed E-state index contributed by atoms with van der Waals surface area (Å²) >= 11 is 0. The van der Waals surface area contributed by atoms with E-state index in [1.54, 1.807) is 29.2 Å². The fourth-order valence-electron chi connectivity index (χ4n) is 3.32. The minimum Gasteiger partial charge on any atom is -0.399 e. The molecule has 0 aliphatic carbocycles. The summed E-state index contributed by atoms with van der Waals surface area (Å²) in [7, 11) is 0. The number of nitro benzene ring substituents is 2. The van der Waals surface area contributed by atoms with Crippen LogP contribution in [0.15, 0.2) is 84.9 Å². The molecule has 0 saturated carbocycles. The Bertz CT molecular complexity index is 1380. The first-order chi connectivity index (χ1) is 18.0. The third-order valence-corrected chi connectivity index (χ3v) is 5.25. The van der Waals surface area contributed by atoms with E-state index in [4.69, 9.17) is 5.73 Å². The van der Waals surface area contributed by atoms with Crippen molar-refractivity contribution in [2.75, 3.05) is 10.6 Å². The topological polar surface area (TPSA) is 116 Å². The summed E-state index contributed by atoms with van der Waals surface area (Å²) in [6.45, 7) is 0.528. The largest absolute Gasteiger partial charge is 0.399 e. The van der Waals surface area contributed by atoms with Crippen molar-refractivity contribution >= 4 is 22.7 Å². The molecule has 38 heavy (non-hydrogen) atoms. The quantitative estimate of drug-likeness (QED) is 0.126. The Morgan fingerprint density at radius 1 is 0.605 bits per heavy atom.